The van der Waals surface area contributed by atoms with Crippen LogP contribution in [0.25, 0.3) is 11.1 Å². The minimum atomic E-state index is -0.589. The van der Waals surface area contributed by atoms with Gasteiger partial charge in [-0.1, -0.05) is 50.6 Å². The molecule has 1 unspecified atom stereocenters. The predicted octanol–water partition coefficient (Wildman–Crippen LogP) is 7.82. The van der Waals surface area contributed by atoms with Crippen LogP contribution < -0.4 is 16.0 Å². The topological polar surface area (TPSA) is 36.1 Å². The summed E-state index contributed by atoms with van der Waals surface area (Å²) in [5.74, 6) is -1.41. The molecule has 0 radical (unpaired) electrons. The molecule has 0 amide bonds. The molecule has 0 bridgehead atoms. The molecule has 3 nitrogen and oxygen atoms in total. The van der Waals surface area contributed by atoms with E-state index in [4.69, 9.17) is 0 Å². The number of halogens is 3. The van der Waals surface area contributed by atoms with Crippen LogP contribution in [-0.2, 0) is 5.54 Å². The zero-order chi connectivity index (χ0) is 27.1. The molecular formula is C32H38F3N3. The molecule has 1 aliphatic carbocycles. The van der Waals surface area contributed by atoms with E-state index in [1.54, 1.807) is 19.1 Å². The Kier molecular flexibility index (Phi) is 9.29. The molecule has 3 aromatic rings. The van der Waals surface area contributed by atoms with Crippen molar-refractivity contribution in [3.63, 3.8) is 0 Å². The molecule has 0 aromatic heterocycles. The van der Waals surface area contributed by atoms with Crippen LogP contribution in [0.1, 0.15) is 56.6 Å². The van der Waals surface area contributed by atoms with Gasteiger partial charge in [0.05, 0.1) is 0 Å². The van der Waals surface area contributed by atoms with Crippen molar-refractivity contribution in [2.24, 2.45) is 0 Å². The average molecular weight is 522 g/mol. The Hall–Kier alpha value is -3.09. The van der Waals surface area contributed by atoms with Crippen molar-refractivity contribution < 1.29 is 13.2 Å². The number of hydrogen-bond donors (Lipinski definition) is 3. The lowest BCUT2D eigenvalue weighted by molar-refractivity contribution is 0.295. The molecule has 38 heavy (non-hydrogen) atoms. The monoisotopic (exact) mass is 521 g/mol. The molecule has 0 aliphatic heterocycles. The van der Waals surface area contributed by atoms with Crippen LogP contribution in [0, 0.1) is 24.4 Å². The van der Waals surface area contributed by atoms with E-state index in [1.807, 2.05) is 24.3 Å². The smallest absolute Gasteiger partial charge is 0.126 e. The van der Waals surface area contributed by atoms with Crippen molar-refractivity contribution in [2.45, 2.75) is 64.0 Å². The van der Waals surface area contributed by atoms with Crippen LogP contribution in [0.3, 0.4) is 0 Å². The van der Waals surface area contributed by atoms with Crippen molar-refractivity contribution in [3.05, 3.63) is 102 Å². The van der Waals surface area contributed by atoms with Crippen LogP contribution in [-0.4, -0.2) is 19.1 Å². The molecule has 4 rings (SSSR count). The van der Waals surface area contributed by atoms with Crippen LogP contribution >= 0.6 is 0 Å². The molecule has 1 saturated carbocycles. The molecule has 6 heteroatoms. The molecule has 3 N–H and O–H groups in total. The van der Waals surface area contributed by atoms with Crippen LogP contribution in [0.5, 0.6) is 0 Å². The first kappa shape index (κ1) is 27.9. The summed E-state index contributed by atoms with van der Waals surface area (Å²) >= 11 is 0. The second kappa shape index (κ2) is 12.6. The summed E-state index contributed by atoms with van der Waals surface area (Å²) in [5.41, 5.74) is 4.21. The van der Waals surface area contributed by atoms with Gasteiger partial charge in [-0.25, -0.2) is 13.2 Å². The van der Waals surface area contributed by atoms with Crippen molar-refractivity contribution >= 4 is 5.69 Å². The third-order valence-corrected chi connectivity index (χ3v) is 7.70. The average Bonchev–Trinajstić information content (AvgIpc) is 3.42. The Labute approximate surface area is 224 Å². The molecule has 0 saturated heterocycles. The van der Waals surface area contributed by atoms with Crippen LogP contribution in [0.15, 0.2) is 72.9 Å². The van der Waals surface area contributed by atoms with Crippen molar-refractivity contribution in [2.75, 3.05) is 18.4 Å². The van der Waals surface area contributed by atoms with E-state index in [0.717, 1.165) is 48.0 Å². The normalized spacial score (nSPS) is 15.4. The number of hydrogen-bond acceptors (Lipinski definition) is 3. The fraction of sp³-hybridized carbons (Fsp3) is 0.375. The lowest BCUT2D eigenvalue weighted by Crippen LogP contribution is -2.46. The van der Waals surface area contributed by atoms with E-state index >= 15 is 0 Å². The van der Waals surface area contributed by atoms with E-state index in [-0.39, 0.29) is 11.4 Å². The van der Waals surface area contributed by atoms with E-state index in [0.29, 0.717) is 23.7 Å². The molecule has 0 heterocycles. The molecule has 0 spiro atoms. The van der Waals surface area contributed by atoms with Gasteiger partial charge in [-0.3, -0.25) is 0 Å². The standard InChI is InChI=1S/C32H38F3N3/c1-4-32(15-16-36-29-7-5-6-8-29,37-21-23(3)38-30-13-14-31(35)22(2)17-30)26-11-9-24(10-12-26)25-18-27(33)20-28(34)19-25/h9-14,17-20,29,36-38H,3-8,15-16,21H2,1-2H3. The summed E-state index contributed by atoms with van der Waals surface area (Å²) < 4.78 is 41.3. The van der Waals surface area contributed by atoms with Gasteiger partial charge in [0.2, 0.25) is 0 Å². The highest BCUT2D eigenvalue weighted by atomic mass is 19.1. The van der Waals surface area contributed by atoms with Gasteiger partial charge in [-0.15, -0.1) is 0 Å². The summed E-state index contributed by atoms with van der Waals surface area (Å²) in [6.07, 6.45) is 6.73. The SMILES string of the molecule is C=C(CNC(CC)(CCNC1CCCC1)c1ccc(-c2cc(F)cc(F)c2)cc1)Nc1ccc(F)c(C)c1. The maximum Gasteiger partial charge on any atom is 0.126 e. The van der Waals surface area contributed by atoms with E-state index < -0.39 is 11.6 Å². The van der Waals surface area contributed by atoms with Crippen LogP contribution in [0.4, 0.5) is 18.9 Å². The zero-order valence-corrected chi connectivity index (χ0v) is 22.3. The Morgan fingerprint density at radius 1 is 0.921 bits per heavy atom. The molecule has 202 valence electrons. The first-order valence-electron chi connectivity index (χ1n) is 13.5. The third-order valence-electron chi connectivity index (χ3n) is 7.70. The highest BCUT2D eigenvalue weighted by Gasteiger charge is 2.30. The summed E-state index contributed by atoms with van der Waals surface area (Å²) in [6.45, 7) is 9.49. The summed E-state index contributed by atoms with van der Waals surface area (Å²) in [6, 6.07) is 17.0. The van der Waals surface area contributed by atoms with E-state index in [2.05, 4.69) is 29.5 Å². The molecular weight excluding hydrogens is 483 g/mol. The van der Waals surface area contributed by atoms with Gasteiger partial charge in [0.15, 0.2) is 0 Å². The maximum absolute atomic E-state index is 13.8. The van der Waals surface area contributed by atoms with Gasteiger partial charge in [-0.2, -0.15) is 0 Å². The van der Waals surface area contributed by atoms with Gasteiger partial charge >= 0.3 is 0 Å². The zero-order valence-electron chi connectivity index (χ0n) is 22.3. The largest absolute Gasteiger partial charge is 0.358 e. The third kappa shape index (κ3) is 7.06. The van der Waals surface area contributed by atoms with Crippen molar-refractivity contribution in [1.82, 2.24) is 10.6 Å². The fourth-order valence-corrected chi connectivity index (χ4v) is 5.41. The Morgan fingerprint density at radius 2 is 1.61 bits per heavy atom. The summed E-state index contributed by atoms with van der Waals surface area (Å²) in [4.78, 5) is 0. The Bertz CT molecular complexity index is 1210. The minimum absolute atomic E-state index is 0.233. The number of nitrogens with one attached hydrogen (secondary N) is 3. The molecule has 1 aliphatic rings. The first-order valence-corrected chi connectivity index (χ1v) is 13.5. The van der Waals surface area contributed by atoms with Gasteiger partial charge in [-0.05, 0) is 91.7 Å². The van der Waals surface area contributed by atoms with Gasteiger partial charge in [0, 0.05) is 35.6 Å². The minimum Gasteiger partial charge on any atom is -0.358 e. The predicted molar refractivity (Wildman–Crippen MR) is 151 cm³/mol. The van der Waals surface area contributed by atoms with Crippen LogP contribution in [0.2, 0.25) is 0 Å². The van der Waals surface area contributed by atoms with Gasteiger partial charge < -0.3 is 16.0 Å². The summed E-state index contributed by atoms with van der Waals surface area (Å²) in [7, 11) is 0. The second-order valence-corrected chi connectivity index (χ2v) is 10.4. The lowest BCUT2D eigenvalue weighted by atomic mass is 9.83. The Morgan fingerprint density at radius 3 is 2.24 bits per heavy atom. The molecule has 3 aromatic carbocycles. The molecule has 1 fully saturated rings. The fourth-order valence-electron chi connectivity index (χ4n) is 5.41. The number of rotatable bonds is 12. The number of anilines is 1. The number of aryl methyl sites for hydroxylation is 1. The van der Waals surface area contributed by atoms with E-state index in [1.165, 1.54) is 43.9 Å². The summed E-state index contributed by atoms with van der Waals surface area (Å²) in [5, 5.41) is 10.8. The van der Waals surface area contributed by atoms with Gasteiger partial charge in [0.25, 0.3) is 0 Å². The number of benzene rings is 3. The van der Waals surface area contributed by atoms with Crippen molar-refractivity contribution in [3.8, 4) is 11.1 Å². The van der Waals surface area contributed by atoms with Crippen molar-refractivity contribution in [1.29, 1.82) is 0 Å². The highest BCUT2D eigenvalue weighted by molar-refractivity contribution is 5.64. The molecule has 1 atom stereocenters. The maximum atomic E-state index is 13.8. The lowest BCUT2D eigenvalue weighted by Gasteiger charge is -2.36. The van der Waals surface area contributed by atoms with E-state index in [9.17, 15) is 13.2 Å². The second-order valence-electron chi connectivity index (χ2n) is 10.4. The quantitative estimate of drug-likeness (QED) is 0.227. The first-order chi connectivity index (χ1) is 18.3. The van der Waals surface area contributed by atoms with Gasteiger partial charge in [0.1, 0.15) is 17.5 Å². The highest BCUT2D eigenvalue weighted by Crippen LogP contribution is 2.32. The Balaban J connectivity index is 1.51.